The smallest absolute Gasteiger partial charge is 0.295 e. The summed E-state index contributed by atoms with van der Waals surface area (Å²) in [6.45, 7) is 6.37. The number of hydrogen-bond acceptors (Lipinski definition) is 5. The molecule has 4 heterocycles. The molecule has 0 aromatic carbocycles. The van der Waals surface area contributed by atoms with Crippen LogP contribution in [0.1, 0.15) is 32.1 Å². The summed E-state index contributed by atoms with van der Waals surface area (Å²) >= 11 is 1.68. The van der Waals surface area contributed by atoms with Gasteiger partial charge >= 0.3 is 0 Å². The van der Waals surface area contributed by atoms with Gasteiger partial charge in [0.1, 0.15) is 5.00 Å². The van der Waals surface area contributed by atoms with Crippen LogP contribution in [0, 0.1) is 13.8 Å². The molecule has 25 heavy (non-hydrogen) atoms. The Morgan fingerprint density at radius 1 is 1.32 bits per heavy atom. The quantitative estimate of drug-likeness (QED) is 0.715. The fraction of sp³-hybridized carbons (Fsp3) is 0.263. The third-order valence-electron chi connectivity index (χ3n) is 4.56. The average Bonchev–Trinajstić information content (AvgIpc) is 3.25. The van der Waals surface area contributed by atoms with Crippen molar-refractivity contribution in [2.45, 2.75) is 26.9 Å². The monoisotopic (exact) mass is 353 g/mol. The van der Waals surface area contributed by atoms with E-state index in [4.69, 9.17) is 4.42 Å². The number of carbonyl (C=O) groups is 1. The van der Waals surface area contributed by atoms with E-state index < -0.39 is 0 Å². The lowest BCUT2D eigenvalue weighted by molar-refractivity contribution is 0.0930. The molecule has 1 amide bonds. The molecular weight excluding hydrogens is 334 g/mol. The number of amides is 1. The Morgan fingerprint density at radius 2 is 2.20 bits per heavy atom. The van der Waals surface area contributed by atoms with Gasteiger partial charge in [-0.05, 0) is 43.2 Å². The minimum atomic E-state index is -0.0941. The molecule has 0 radical (unpaired) electrons. The second-order valence-electron chi connectivity index (χ2n) is 6.27. The number of thiophene rings is 1. The molecule has 0 saturated carbocycles. The maximum Gasteiger partial charge on any atom is 0.295 e. The van der Waals surface area contributed by atoms with Crippen molar-refractivity contribution >= 4 is 22.2 Å². The van der Waals surface area contributed by atoms with E-state index in [0.29, 0.717) is 12.4 Å². The van der Waals surface area contributed by atoms with Crippen LogP contribution >= 0.6 is 11.3 Å². The minimum Gasteiger partial charge on any atom is -0.459 e. The van der Waals surface area contributed by atoms with Crippen molar-refractivity contribution < 1.29 is 9.21 Å². The normalized spacial score (nSPS) is 14.6. The van der Waals surface area contributed by atoms with E-state index in [0.717, 1.165) is 23.7 Å². The predicted molar refractivity (Wildman–Crippen MR) is 97.7 cm³/mol. The van der Waals surface area contributed by atoms with Crippen molar-refractivity contribution in [3.63, 3.8) is 0 Å². The highest BCUT2D eigenvalue weighted by Crippen LogP contribution is 2.40. The highest BCUT2D eigenvalue weighted by Gasteiger charge is 2.32. The molecule has 0 spiro atoms. The highest BCUT2D eigenvalue weighted by atomic mass is 32.1. The number of aryl methyl sites for hydroxylation is 1. The van der Waals surface area contributed by atoms with Gasteiger partial charge in [-0.1, -0.05) is 6.07 Å². The van der Waals surface area contributed by atoms with Crippen molar-refractivity contribution in [3.05, 3.63) is 70.3 Å². The Bertz CT molecular complexity index is 887. The third kappa shape index (κ3) is 2.99. The summed E-state index contributed by atoms with van der Waals surface area (Å²) in [6, 6.07) is 7.47. The first kappa shape index (κ1) is 16.1. The molecule has 0 bridgehead atoms. The maximum absolute atomic E-state index is 12.9. The van der Waals surface area contributed by atoms with Crippen LogP contribution in [0.2, 0.25) is 0 Å². The molecule has 1 aliphatic rings. The lowest BCUT2D eigenvalue weighted by Crippen LogP contribution is -2.44. The Labute approximate surface area is 150 Å². The van der Waals surface area contributed by atoms with Crippen LogP contribution in [-0.2, 0) is 13.1 Å². The number of nitrogens with zero attached hydrogens (tertiary/aromatic N) is 3. The molecule has 0 aliphatic carbocycles. The highest BCUT2D eigenvalue weighted by molar-refractivity contribution is 7.16. The van der Waals surface area contributed by atoms with Crippen LogP contribution in [0.3, 0.4) is 0 Å². The van der Waals surface area contributed by atoms with Crippen molar-refractivity contribution in [1.29, 1.82) is 0 Å². The van der Waals surface area contributed by atoms with Gasteiger partial charge in [-0.15, -0.1) is 11.3 Å². The number of anilines is 1. The van der Waals surface area contributed by atoms with Crippen molar-refractivity contribution in [2.75, 3.05) is 11.6 Å². The maximum atomic E-state index is 12.9. The number of rotatable bonds is 3. The summed E-state index contributed by atoms with van der Waals surface area (Å²) in [5, 5.41) is 1.04. The molecule has 3 aromatic heterocycles. The topological polar surface area (TPSA) is 49.6 Å². The van der Waals surface area contributed by atoms with Crippen LogP contribution in [0.5, 0.6) is 0 Å². The van der Waals surface area contributed by atoms with Crippen LogP contribution in [0.25, 0.3) is 0 Å². The lowest BCUT2D eigenvalue weighted by Gasteiger charge is -2.35. The molecule has 6 heteroatoms. The first-order valence-corrected chi connectivity index (χ1v) is 9.00. The Morgan fingerprint density at radius 3 is 2.92 bits per heavy atom. The molecule has 128 valence electrons. The van der Waals surface area contributed by atoms with Gasteiger partial charge in [0.2, 0.25) is 0 Å². The van der Waals surface area contributed by atoms with E-state index in [1.807, 2.05) is 17.2 Å². The molecule has 1 aliphatic heterocycles. The summed E-state index contributed by atoms with van der Waals surface area (Å²) in [7, 11) is 0. The molecule has 0 N–H and O–H groups in total. The zero-order valence-corrected chi connectivity index (χ0v) is 15.0. The van der Waals surface area contributed by atoms with Crippen LogP contribution in [-0.4, -0.2) is 22.5 Å². The van der Waals surface area contributed by atoms with Gasteiger partial charge < -0.3 is 4.42 Å². The van der Waals surface area contributed by atoms with E-state index in [2.05, 4.69) is 29.8 Å². The van der Waals surface area contributed by atoms with Gasteiger partial charge in [0.25, 0.3) is 5.91 Å². The first-order valence-electron chi connectivity index (χ1n) is 8.19. The van der Waals surface area contributed by atoms with Gasteiger partial charge in [0.15, 0.2) is 5.76 Å². The Balaban J connectivity index is 1.68. The second-order valence-corrected chi connectivity index (χ2v) is 7.47. The second kappa shape index (κ2) is 6.46. The third-order valence-corrected chi connectivity index (χ3v) is 5.84. The molecule has 4 rings (SSSR count). The Hall–Kier alpha value is -2.44. The van der Waals surface area contributed by atoms with Gasteiger partial charge in [0, 0.05) is 35.9 Å². The Kier molecular flexibility index (Phi) is 4.15. The fourth-order valence-corrected chi connectivity index (χ4v) is 4.30. The molecule has 0 saturated heterocycles. The average molecular weight is 353 g/mol. The van der Waals surface area contributed by atoms with Crippen molar-refractivity contribution in [3.8, 4) is 0 Å². The number of pyridine rings is 1. The molecule has 0 fully saturated rings. The van der Waals surface area contributed by atoms with Crippen LogP contribution in [0.15, 0.2) is 47.3 Å². The number of carbonyl (C=O) groups excluding carboxylic acids is 1. The lowest BCUT2D eigenvalue weighted by atomic mass is 10.1. The van der Waals surface area contributed by atoms with Gasteiger partial charge in [-0.2, -0.15) is 0 Å². The van der Waals surface area contributed by atoms with Gasteiger partial charge in [-0.25, -0.2) is 0 Å². The fourth-order valence-electron chi connectivity index (χ4n) is 3.14. The number of fused-ring (bicyclic) bond motifs is 1. The van der Waals surface area contributed by atoms with E-state index in [-0.39, 0.29) is 5.91 Å². The summed E-state index contributed by atoms with van der Waals surface area (Å²) in [5.74, 6) is 0.279. The van der Waals surface area contributed by atoms with E-state index in [1.165, 1.54) is 22.3 Å². The summed E-state index contributed by atoms with van der Waals surface area (Å²) in [4.78, 5) is 22.5. The molecule has 5 nitrogen and oxygen atoms in total. The number of hydrogen-bond donors (Lipinski definition) is 0. The molecule has 3 aromatic rings. The SMILES string of the molecule is Cc1sc2c(c1C)CN(Cc1cccnc1)CN2C(=O)c1ccco1. The molecule has 0 unspecified atom stereocenters. The molecular formula is C19H19N3O2S. The van der Waals surface area contributed by atoms with E-state index >= 15 is 0 Å². The zero-order valence-electron chi connectivity index (χ0n) is 14.2. The zero-order chi connectivity index (χ0) is 17.4. The van der Waals surface area contributed by atoms with Gasteiger partial charge in [-0.3, -0.25) is 19.6 Å². The first-order chi connectivity index (χ1) is 12.1. The number of furan rings is 1. The predicted octanol–water partition coefficient (Wildman–Crippen LogP) is 3.97. The molecule has 0 atom stereocenters. The largest absolute Gasteiger partial charge is 0.459 e. The van der Waals surface area contributed by atoms with E-state index in [1.54, 1.807) is 29.7 Å². The van der Waals surface area contributed by atoms with Crippen molar-refractivity contribution in [1.82, 2.24) is 9.88 Å². The van der Waals surface area contributed by atoms with Crippen molar-refractivity contribution in [2.24, 2.45) is 0 Å². The standard InChI is InChI=1S/C19H19N3O2S/c1-13-14(2)25-19-16(13)11-21(10-15-5-3-7-20-9-15)12-22(19)18(23)17-6-4-8-24-17/h3-9H,10-12H2,1-2H3. The summed E-state index contributed by atoms with van der Waals surface area (Å²) < 4.78 is 5.34. The minimum absolute atomic E-state index is 0.0941. The summed E-state index contributed by atoms with van der Waals surface area (Å²) in [6.07, 6.45) is 5.19. The van der Waals surface area contributed by atoms with Crippen LogP contribution in [0.4, 0.5) is 5.00 Å². The van der Waals surface area contributed by atoms with Crippen LogP contribution < -0.4 is 4.90 Å². The van der Waals surface area contributed by atoms with Gasteiger partial charge in [0.05, 0.1) is 12.9 Å². The van der Waals surface area contributed by atoms with E-state index in [9.17, 15) is 4.79 Å². The summed E-state index contributed by atoms with van der Waals surface area (Å²) in [5.41, 5.74) is 3.65. The number of aromatic nitrogens is 1.